The molecule has 0 spiro atoms. The molecule has 0 aromatic carbocycles. The number of nitrogens with zero attached hydrogens (tertiary/aromatic N) is 4. The second-order valence-corrected chi connectivity index (χ2v) is 6.49. The summed E-state index contributed by atoms with van der Waals surface area (Å²) in [5.41, 5.74) is 5.30. The minimum Gasteiger partial charge on any atom is -0.402 e. The van der Waals surface area contributed by atoms with E-state index < -0.39 is 17.1 Å². The molecule has 2 rings (SSSR count). The maximum absolute atomic E-state index is 13.8. The number of nitrogens with two attached hydrogens (primary N) is 1. The molecule has 4 N–H and O–H groups in total. The van der Waals surface area contributed by atoms with E-state index in [0.29, 0.717) is 42.7 Å². The van der Waals surface area contributed by atoms with Gasteiger partial charge < -0.3 is 15.8 Å². The molecule has 8 nitrogen and oxygen atoms in total. The minimum atomic E-state index is -0.922. The van der Waals surface area contributed by atoms with Crippen LogP contribution in [0.25, 0.3) is 11.0 Å². The molecule has 0 unspecified atom stereocenters. The third-order valence-electron chi connectivity index (χ3n) is 3.98. The van der Waals surface area contributed by atoms with Crippen molar-refractivity contribution in [2.75, 3.05) is 25.1 Å². The third kappa shape index (κ3) is 4.41. The number of hydrogen-bond acceptors (Lipinski definition) is 7. The van der Waals surface area contributed by atoms with Crippen LogP contribution in [-0.4, -0.2) is 40.4 Å². The van der Waals surface area contributed by atoms with Gasteiger partial charge in [0.1, 0.15) is 5.82 Å². The number of hydrogen-bond donors (Lipinski definition) is 3. The second kappa shape index (κ2) is 8.60. The van der Waals surface area contributed by atoms with E-state index in [4.69, 9.17) is 15.9 Å². The van der Waals surface area contributed by atoms with Gasteiger partial charge in [-0.25, -0.2) is 9.37 Å². The van der Waals surface area contributed by atoms with Gasteiger partial charge in [0.2, 0.25) is 0 Å². The number of anilines is 1. The van der Waals surface area contributed by atoms with Crippen molar-refractivity contribution in [1.82, 2.24) is 14.8 Å². The summed E-state index contributed by atoms with van der Waals surface area (Å²) in [6, 6.07) is 4.03. The molecule has 0 amide bonds. The lowest BCUT2D eigenvalue weighted by molar-refractivity contribution is 0.144. The van der Waals surface area contributed by atoms with Crippen molar-refractivity contribution in [3.63, 3.8) is 0 Å². The molecule has 0 aliphatic rings. The maximum Gasteiger partial charge on any atom is 0.186 e. The zero-order valence-corrected chi connectivity index (χ0v) is 15.7. The Morgan fingerprint density at radius 1 is 1.52 bits per heavy atom. The number of rotatable bonds is 8. The predicted molar refractivity (Wildman–Crippen MR) is 102 cm³/mol. The van der Waals surface area contributed by atoms with Crippen molar-refractivity contribution in [2.45, 2.75) is 32.6 Å². The first-order chi connectivity index (χ1) is 12.9. The molecular formula is C18H24FN7O. The maximum atomic E-state index is 13.8. The number of allylic oxidation sites excluding steroid dienone is 1. The van der Waals surface area contributed by atoms with Crippen LogP contribution >= 0.6 is 0 Å². The Kier molecular flexibility index (Phi) is 6.47. The van der Waals surface area contributed by atoms with E-state index >= 15 is 0 Å². The van der Waals surface area contributed by atoms with Gasteiger partial charge in [-0.1, -0.05) is 6.92 Å². The Balaban J connectivity index is 2.48. The summed E-state index contributed by atoms with van der Waals surface area (Å²) >= 11 is 0. The van der Waals surface area contributed by atoms with Crippen LogP contribution in [0.5, 0.6) is 0 Å². The highest BCUT2D eigenvalue weighted by atomic mass is 19.1. The monoisotopic (exact) mass is 373 g/mol. The Morgan fingerprint density at radius 3 is 2.89 bits per heavy atom. The highest BCUT2D eigenvalue weighted by Crippen LogP contribution is 2.31. The molecule has 0 saturated heterocycles. The summed E-state index contributed by atoms with van der Waals surface area (Å²) in [5, 5.41) is 25.2. The fourth-order valence-electron chi connectivity index (χ4n) is 2.51. The van der Waals surface area contributed by atoms with Crippen LogP contribution in [0.3, 0.4) is 0 Å². The molecule has 2 aromatic heterocycles. The van der Waals surface area contributed by atoms with Gasteiger partial charge in [0, 0.05) is 24.7 Å². The first-order valence-corrected chi connectivity index (χ1v) is 8.64. The van der Waals surface area contributed by atoms with Gasteiger partial charge in [-0.2, -0.15) is 15.0 Å². The zero-order valence-electron chi connectivity index (χ0n) is 15.7. The summed E-state index contributed by atoms with van der Waals surface area (Å²) in [6.45, 7) is 7.29. The average Bonchev–Trinajstić information content (AvgIpc) is 3.09. The van der Waals surface area contributed by atoms with E-state index in [1.807, 2.05) is 6.92 Å². The van der Waals surface area contributed by atoms with Crippen molar-refractivity contribution in [3.05, 3.63) is 29.9 Å². The fourth-order valence-corrected chi connectivity index (χ4v) is 2.51. The lowest BCUT2D eigenvalue weighted by atomic mass is 9.85. The molecule has 0 fully saturated rings. The van der Waals surface area contributed by atoms with Gasteiger partial charge in [-0.3, -0.25) is 5.41 Å². The normalized spacial score (nSPS) is 12.2. The van der Waals surface area contributed by atoms with Crippen molar-refractivity contribution < 1.29 is 9.13 Å². The molecule has 0 saturated carbocycles. The quantitative estimate of drug-likeness (QED) is 0.371. The number of fused-ring (bicyclic) bond motifs is 1. The number of nitrogens with one attached hydrogen (secondary N) is 2. The van der Waals surface area contributed by atoms with E-state index in [9.17, 15) is 9.65 Å². The summed E-state index contributed by atoms with van der Waals surface area (Å²) in [7, 11) is 0. The van der Waals surface area contributed by atoms with Gasteiger partial charge >= 0.3 is 0 Å². The number of aromatic nitrogens is 3. The molecule has 9 heteroatoms. The topological polar surface area (TPSA) is 126 Å². The standard InChI is InChI=1S/C18H24FN7O/c1-4-6-27-7-5-23-15-8-13(18(2,3)11-21)12-10-24-26(17(12)25-15)16(22)14(19)9-20/h8-10,22H,4-7,20H2,1-3H3,(H,23,25)/b14-9+,22-16?. The minimum absolute atomic E-state index is 0.273. The SMILES string of the molecule is CCCOCCNc1cc(C(C)(C)C#N)c2cnn(C(=N)/C(F)=C\N)c2n1. The smallest absolute Gasteiger partial charge is 0.186 e. The van der Waals surface area contributed by atoms with E-state index in [2.05, 4.69) is 21.5 Å². The predicted octanol–water partition coefficient (Wildman–Crippen LogP) is 2.67. The van der Waals surface area contributed by atoms with Gasteiger partial charge in [-0.15, -0.1) is 0 Å². The van der Waals surface area contributed by atoms with E-state index in [-0.39, 0.29) is 5.65 Å². The number of pyridine rings is 1. The lowest BCUT2D eigenvalue weighted by Gasteiger charge is -2.18. The van der Waals surface area contributed by atoms with Crippen LogP contribution in [0.2, 0.25) is 0 Å². The molecule has 0 radical (unpaired) electrons. The van der Waals surface area contributed by atoms with Crippen LogP contribution < -0.4 is 11.1 Å². The Hall–Kier alpha value is -2.99. The van der Waals surface area contributed by atoms with E-state index in [1.54, 1.807) is 19.9 Å². The summed E-state index contributed by atoms with van der Waals surface area (Å²) in [5.74, 6) is -0.953. The van der Waals surface area contributed by atoms with Gasteiger partial charge in [-0.05, 0) is 31.9 Å². The van der Waals surface area contributed by atoms with Crippen LogP contribution in [0.4, 0.5) is 10.2 Å². The number of nitriles is 1. The fraction of sp³-hybridized carbons (Fsp3) is 0.444. The van der Waals surface area contributed by atoms with Crippen molar-refractivity contribution in [1.29, 1.82) is 10.7 Å². The molecule has 27 heavy (non-hydrogen) atoms. The molecule has 2 heterocycles. The van der Waals surface area contributed by atoms with Crippen molar-refractivity contribution in [2.24, 2.45) is 5.73 Å². The van der Waals surface area contributed by atoms with Crippen molar-refractivity contribution in [3.8, 4) is 6.07 Å². The highest BCUT2D eigenvalue weighted by Gasteiger charge is 2.26. The van der Waals surface area contributed by atoms with Gasteiger partial charge in [0.15, 0.2) is 17.3 Å². The van der Waals surface area contributed by atoms with Crippen LogP contribution in [0.1, 0.15) is 32.8 Å². The van der Waals surface area contributed by atoms with Gasteiger partial charge in [0.25, 0.3) is 0 Å². The largest absolute Gasteiger partial charge is 0.402 e. The molecule has 0 aliphatic carbocycles. The Labute approximate surface area is 157 Å². The van der Waals surface area contributed by atoms with Crippen molar-refractivity contribution >= 4 is 22.7 Å². The molecule has 0 aliphatic heterocycles. The van der Waals surface area contributed by atoms with Crippen LogP contribution in [-0.2, 0) is 10.2 Å². The third-order valence-corrected chi connectivity index (χ3v) is 3.98. The molecule has 144 valence electrons. The lowest BCUT2D eigenvalue weighted by Crippen LogP contribution is -2.18. The average molecular weight is 373 g/mol. The van der Waals surface area contributed by atoms with Crippen LogP contribution in [0, 0.1) is 16.7 Å². The number of halogens is 1. The zero-order chi connectivity index (χ0) is 20.0. The molecule has 0 atom stereocenters. The van der Waals surface area contributed by atoms with Gasteiger partial charge in [0.05, 0.1) is 24.3 Å². The van der Waals surface area contributed by atoms with E-state index in [0.717, 1.165) is 11.1 Å². The number of ether oxygens (including phenoxy) is 1. The first kappa shape index (κ1) is 20.3. The molecular weight excluding hydrogens is 349 g/mol. The summed E-state index contributed by atoms with van der Waals surface area (Å²) < 4.78 is 20.3. The molecule has 0 bridgehead atoms. The highest BCUT2D eigenvalue weighted by molar-refractivity contribution is 6.00. The first-order valence-electron chi connectivity index (χ1n) is 8.64. The summed E-state index contributed by atoms with van der Waals surface area (Å²) in [6.07, 6.45) is 3.11. The molecule has 2 aromatic rings. The van der Waals surface area contributed by atoms with E-state index in [1.165, 1.54) is 6.20 Å². The Bertz CT molecular complexity index is 895. The Morgan fingerprint density at radius 2 is 2.26 bits per heavy atom. The summed E-state index contributed by atoms with van der Waals surface area (Å²) in [4.78, 5) is 4.45. The van der Waals surface area contributed by atoms with Crippen LogP contribution in [0.15, 0.2) is 24.3 Å². The second-order valence-electron chi connectivity index (χ2n) is 6.49.